The highest BCUT2D eigenvalue weighted by atomic mass is 16.6. The zero-order valence-corrected chi connectivity index (χ0v) is 15.6. The molecule has 1 aliphatic rings. The van der Waals surface area contributed by atoms with Gasteiger partial charge in [0.2, 0.25) is 0 Å². The number of nitro benzene ring substituents is 1. The predicted octanol–water partition coefficient (Wildman–Crippen LogP) is 3.12. The summed E-state index contributed by atoms with van der Waals surface area (Å²) in [5, 5.41) is 22.6. The van der Waals surface area contributed by atoms with E-state index in [0.717, 1.165) is 25.2 Å². The summed E-state index contributed by atoms with van der Waals surface area (Å²) in [4.78, 5) is 27.0. The fourth-order valence-corrected chi connectivity index (χ4v) is 3.14. The zero-order valence-electron chi connectivity index (χ0n) is 15.6. The number of urea groups is 1. The van der Waals surface area contributed by atoms with Crippen molar-refractivity contribution < 1.29 is 9.72 Å². The number of nitriles is 1. The largest absolute Gasteiger partial charge is 0.322 e. The van der Waals surface area contributed by atoms with Gasteiger partial charge < -0.3 is 10.2 Å². The van der Waals surface area contributed by atoms with Crippen molar-refractivity contribution in [1.82, 2.24) is 9.80 Å². The van der Waals surface area contributed by atoms with Crippen molar-refractivity contribution in [1.29, 1.82) is 5.26 Å². The van der Waals surface area contributed by atoms with Crippen LogP contribution in [0.3, 0.4) is 0 Å². The van der Waals surface area contributed by atoms with E-state index < -0.39 is 4.92 Å². The molecule has 0 aliphatic carbocycles. The van der Waals surface area contributed by atoms with Crippen molar-refractivity contribution >= 4 is 17.4 Å². The number of benzene rings is 2. The molecule has 2 aromatic carbocycles. The molecule has 1 N–H and O–H groups in total. The minimum atomic E-state index is -0.451. The van der Waals surface area contributed by atoms with Crippen molar-refractivity contribution in [3.63, 3.8) is 0 Å². The molecule has 1 saturated heterocycles. The van der Waals surface area contributed by atoms with E-state index in [2.05, 4.69) is 16.3 Å². The van der Waals surface area contributed by atoms with Gasteiger partial charge in [0.05, 0.1) is 16.6 Å². The van der Waals surface area contributed by atoms with Gasteiger partial charge >= 0.3 is 6.03 Å². The highest BCUT2D eigenvalue weighted by Gasteiger charge is 2.22. The number of amides is 2. The maximum Gasteiger partial charge on any atom is 0.321 e. The van der Waals surface area contributed by atoms with Crippen LogP contribution in [-0.2, 0) is 6.54 Å². The standard InChI is InChI=1S/C20H21N5O3/c1-15-2-7-18(12-19(15)25(27)28)22-20(26)24-10-8-23(9-11-24)14-17-5-3-16(13-21)4-6-17/h2-7,12H,8-11,14H2,1H3,(H,22,26). The minimum absolute atomic E-state index is 0.00923. The maximum absolute atomic E-state index is 12.5. The normalized spacial score (nSPS) is 14.4. The molecule has 1 heterocycles. The summed E-state index contributed by atoms with van der Waals surface area (Å²) in [7, 11) is 0. The van der Waals surface area contributed by atoms with Gasteiger partial charge in [-0.25, -0.2) is 4.79 Å². The topological polar surface area (TPSA) is 103 Å². The SMILES string of the molecule is Cc1ccc(NC(=O)N2CCN(Cc3ccc(C#N)cc3)CC2)cc1[N+](=O)[O-]. The van der Waals surface area contributed by atoms with E-state index >= 15 is 0 Å². The second-order valence-corrected chi connectivity index (χ2v) is 6.76. The van der Waals surface area contributed by atoms with Crippen LogP contribution in [0, 0.1) is 28.4 Å². The molecule has 28 heavy (non-hydrogen) atoms. The van der Waals surface area contributed by atoms with E-state index in [0.29, 0.717) is 29.9 Å². The quantitative estimate of drug-likeness (QED) is 0.649. The number of nitrogens with one attached hydrogen (secondary N) is 1. The molecular formula is C20H21N5O3. The number of anilines is 1. The summed E-state index contributed by atoms with van der Waals surface area (Å²) in [5.41, 5.74) is 2.73. The third-order valence-corrected chi connectivity index (χ3v) is 4.81. The Hall–Kier alpha value is -3.44. The molecule has 144 valence electrons. The number of aryl methyl sites for hydroxylation is 1. The van der Waals surface area contributed by atoms with Gasteiger partial charge in [0.25, 0.3) is 5.69 Å². The number of nitro groups is 1. The molecule has 0 aromatic heterocycles. The van der Waals surface area contributed by atoms with E-state index in [1.807, 2.05) is 12.1 Å². The second-order valence-electron chi connectivity index (χ2n) is 6.76. The van der Waals surface area contributed by atoms with Crippen LogP contribution in [0.1, 0.15) is 16.7 Å². The molecule has 8 heteroatoms. The molecule has 2 aromatic rings. The summed E-state index contributed by atoms with van der Waals surface area (Å²) in [6.07, 6.45) is 0. The number of carbonyl (C=O) groups excluding carboxylic acids is 1. The molecule has 0 bridgehead atoms. The molecule has 8 nitrogen and oxygen atoms in total. The lowest BCUT2D eigenvalue weighted by Crippen LogP contribution is -2.49. The Morgan fingerprint density at radius 3 is 2.46 bits per heavy atom. The van der Waals surface area contributed by atoms with Crippen molar-refractivity contribution in [2.75, 3.05) is 31.5 Å². The summed E-state index contributed by atoms with van der Waals surface area (Å²) in [6.45, 7) is 5.07. The zero-order chi connectivity index (χ0) is 20.1. The van der Waals surface area contributed by atoms with Gasteiger partial charge in [-0.15, -0.1) is 0 Å². The Balaban J connectivity index is 1.53. The van der Waals surface area contributed by atoms with Crippen molar-refractivity contribution in [2.45, 2.75) is 13.5 Å². The number of carbonyl (C=O) groups is 1. The Labute approximate surface area is 163 Å². The number of rotatable bonds is 4. The van der Waals surface area contributed by atoms with Crippen LogP contribution in [-0.4, -0.2) is 46.9 Å². The van der Waals surface area contributed by atoms with Crippen LogP contribution < -0.4 is 5.32 Å². The van der Waals surface area contributed by atoms with E-state index in [4.69, 9.17) is 5.26 Å². The smallest absolute Gasteiger partial charge is 0.321 e. The van der Waals surface area contributed by atoms with Crippen molar-refractivity contribution in [2.24, 2.45) is 0 Å². The molecule has 3 rings (SSSR count). The van der Waals surface area contributed by atoms with Gasteiger partial charge in [-0.1, -0.05) is 18.2 Å². The van der Waals surface area contributed by atoms with Crippen LogP contribution in [0.2, 0.25) is 0 Å². The van der Waals surface area contributed by atoms with Gasteiger partial charge in [0.15, 0.2) is 0 Å². The summed E-state index contributed by atoms with van der Waals surface area (Å²) in [5.74, 6) is 0. The molecule has 1 aliphatic heterocycles. The van der Waals surface area contributed by atoms with Crippen molar-refractivity contribution in [3.05, 3.63) is 69.3 Å². The predicted molar refractivity (Wildman–Crippen MR) is 105 cm³/mol. The van der Waals surface area contributed by atoms with Gasteiger partial charge in [0.1, 0.15) is 0 Å². The lowest BCUT2D eigenvalue weighted by molar-refractivity contribution is -0.385. The number of nitrogens with zero attached hydrogens (tertiary/aromatic N) is 4. The summed E-state index contributed by atoms with van der Waals surface area (Å²) < 4.78 is 0. The van der Waals surface area contributed by atoms with Crippen LogP contribution in [0.4, 0.5) is 16.2 Å². The van der Waals surface area contributed by atoms with Crippen LogP contribution in [0.15, 0.2) is 42.5 Å². The molecule has 0 spiro atoms. The lowest BCUT2D eigenvalue weighted by atomic mass is 10.1. The number of piperazine rings is 1. The van der Waals surface area contributed by atoms with E-state index in [1.54, 1.807) is 36.1 Å². The Bertz CT molecular complexity index is 912. The highest BCUT2D eigenvalue weighted by molar-refractivity contribution is 5.89. The lowest BCUT2D eigenvalue weighted by Gasteiger charge is -2.34. The van der Waals surface area contributed by atoms with E-state index in [1.165, 1.54) is 6.07 Å². The molecule has 0 radical (unpaired) electrons. The molecular weight excluding hydrogens is 358 g/mol. The number of hydrogen-bond donors (Lipinski definition) is 1. The van der Waals surface area contributed by atoms with Crippen molar-refractivity contribution in [3.8, 4) is 6.07 Å². The molecule has 0 atom stereocenters. The van der Waals surface area contributed by atoms with Crippen LogP contribution in [0.25, 0.3) is 0 Å². The average molecular weight is 379 g/mol. The Morgan fingerprint density at radius 2 is 1.86 bits per heavy atom. The third-order valence-electron chi connectivity index (χ3n) is 4.81. The molecule has 0 unspecified atom stereocenters. The van der Waals surface area contributed by atoms with Gasteiger partial charge in [-0.05, 0) is 30.7 Å². The van der Waals surface area contributed by atoms with Crippen LogP contribution >= 0.6 is 0 Å². The van der Waals surface area contributed by atoms with Gasteiger partial charge in [0, 0.05) is 50.0 Å². The fourth-order valence-electron chi connectivity index (χ4n) is 3.14. The van der Waals surface area contributed by atoms with E-state index in [-0.39, 0.29) is 11.7 Å². The highest BCUT2D eigenvalue weighted by Crippen LogP contribution is 2.22. The monoisotopic (exact) mass is 379 g/mol. The average Bonchev–Trinajstić information content (AvgIpc) is 2.70. The summed E-state index contributed by atoms with van der Waals surface area (Å²) in [6, 6.07) is 14.0. The summed E-state index contributed by atoms with van der Waals surface area (Å²) >= 11 is 0. The van der Waals surface area contributed by atoms with Gasteiger partial charge in [-0.3, -0.25) is 15.0 Å². The minimum Gasteiger partial charge on any atom is -0.322 e. The first-order valence-electron chi connectivity index (χ1n) is 8.98. The third kappa shape index (κ3) is 4.64. The second kappa shape index (κ2) is 8.50. The number of hydrogen-bond acceptors (Lipinski definition) is 5. The Kier molecular flexibility index (Phi) is 5.87. The molecule has 1 fully saturated rings. The fraction of sp³-hybridized carbons (Fsp3) is 0.300. The van der Waals surface area contributed by atoms with E-state index in [9.17, 15) is 14.9 Å². The van der Waals surface area contributed by atoms with Gasteiger partial charge in [-0.2, -0.15) is 5.26 Å². The van der Waals surface area contributed by atoms with Crippen LogP contribution in [0.5, 0.6) is 0 Å². The first-order chi connectivity index (χ1) is 13.5. The first kappa shape index (κ1) is 19.3. The first-order valence-corrected chi connectivity index (χ1v) is 8.98. The molecule has 2 amide bonds. The maximum atomic E-state index is 12.5. The molecule has 0 saturated carbocycles. The Morgan fingerprint density at radius 1 is 1.18 bits per heavy atom.